The largest absolute Gasteiger partial charge is 0.493 e. The molecule has 3 rings (SSSR count). The summed E-state index contributed by atoms with van der Waals surface area (Å²) in [5, 5.41) is 2.84. The van der Waals surface area contributed by atoms with Crippen molar-refractivity contribution in [2.75, 3.05) is 25.2 Å². The van der Waals surface area contributed by atoms with Gasteiger partial charge in [0.25, 0.3) is 5.91 Å². The van der Waals surface area contributed by atoms with Crippen molar-refractivity contribution in [2.24, 2.45) is 0 Å². The summed E-state index contributed by atoms with van der Waals surface area (Å²) in [5.74, 6) is 1.02. The van der Waals surface area contributed by atoms with Crippen LogP contribution in [-0.4, -0.2) is 45.1 Å². The van der Waals surface area contributed by atoms with Crippen molar-refractivity contribution < 1.29 is 22.7 Å². The number of methoxy groups -OCH3 is 1. The van der Waals surface area contributed by atoms with Crippen molar-refractivity contribution >= 4 is 21.8 Å². The molecular formula is C16H19NO5S. The van der Waals surface area contributed by atoms with Gasteiger partial charge in [-0.2, -0.15) is 0 Å². The van der Waals surface area contributed by atoms with Gasteiger partial charge in [0, 0.05) is 5.56 Å². The van der Waals surface area contributed by atoms with Gasteiger partial charge >= 0.3 is 0 Å². The van der Waals surface area contributed by atoms with Crippen molar-refractivity contribution in [3.63, 3.8) is 0 Å². The van der Waals surface area contributed by atoms with Crippen LogP contribution in [-0.2, 0) is 14.6 Å². The quantitative estimate of drug-likeness (QED) is 0.895. The summed E-state index contributed by atoms with van der Waals surface area (Å²) in [4.78, 5) is 12.4. The Morgan fingerprint density at radius 2 is 2.17 bits per heavy atom. The number of hydrogen-bond acceptors (Lipinski definition) is 5. The lowest BCUT2D eigenvalue weighted by atomic mass is 10.0. The van der Waals surface area contributed by atoms with Crippen molar-refractivity contribution in [2.45, 2.75) is 18.9 Å². The van der Waals surface area contributed by atoms with E-state index in [1.165, 1.54) is 0 Å². The van der Waals surface area contributed by atoms with E-state index in [1.54, 1.807) is 26.2 Å². The molecule has 0 saturated carbocycles. The second-order valence-corrected chi connectivity index (χ2v) is 8.38. The maximum Gasteiger partial charge on any atom is 0.251 e. The highest BCUT2D eigenvalue weighted by molar-refractivity contribution is 7.91. The van der Waals surface area contributed by atoms with Crippen LogP contribution in [0.2, 0.25) is 0 Å². The standard InChI is InChI=1S/C16H19NO5S/c1-16(6-7-23(19,20)10-16)17-15(18)12-8-11-4-3-5-13(21-2)14(11)22-9-12/h3-5,8H,6-7,9-10H2,1-2H3,(H,17,18)/t16-/m0/s1. The number of hydrogen-bond donors (Lipinski definition) is 1. The van der Waals surface area contributed by atoms with Gasteiger partial charge in [0.15, 0.2) is 21.3 Å². The smallest absolute Gasteiger partial charge is 0.251 e. The molecule has 0 aliphatic carbocycles. The van der Waals surface area contributed by atoms with Crippen molar-refractivity contribution in [1.29, 1.82) is 0 Å². The highest BCUT2D eigenvalue weighted by Gasteiger charge is 2.40. The van der Waals surface area contributed by atoms with Gasteiger partial charge in [-0.05, 0) is 25.5 Å². The summed E-state index contributed by atoms with van der Waals surface area (Å²) >= 11 is 0. The maximum absolute atomic E-state index is 12.4. The third kappa shape index (κ3) is 3.19. The Kier molecular flexibility index (Phi) is 3.83. The third-order valence-electron chi connectivity index (χ3n) is 4.14. The number of para-hydroxylation sites is 1. The Morgan fingerprint density at radius 3 is 2.83 bits per heavy atom. The first-order valence-electron chi connectivity index (χ1n) is 7.35. The highest BCUT2D eigenvalue weighted by Crippen LogP contribution is 2.35. The lowest BCUT2D eigenvalue weighted by Crippen LogP contribution is -2.48. The van der Waals surface area contributed by atoms with Gasteiger partial charge in [-0.25, -0.2) is 8.42 Å². The fourth-order valence-corrected chi connectivity index (χ4v) is 5.03. The predicted molar refractivity (Wildman–Crippen MR) is 86.3 cm³/mol. The molecule has 7 heteroatoms. The zero-order valence-corrected chi connectivity index (χ0v) is 13.9. The van der Waals surface area contributed by atoms with Crippen LogP contribution in [0, 0.1) is 0 Å². The van der Waals surface area contributed by atoms with E-state index in [1.807, 2.05) is 12.1 Å². The molecule has 1 aromatic carbocycles. The summed E-state index contributed by atoms with van der Waals surface area (Å²) in [7, 11) is -1.51. The normalized spacial score (nSPS) is 25.0. The molecule has 124 valence electrons. The summed E-state index contributed by atoms with van der Waals surface area (Å²) in [6.07, 6.45) is 2.18. The van der Waals surface area contributed by atoms with Gasteiger partial charge in [0.05, 0.1) is 29.7 Å². The molecule has 2 aliphatic heterocycles. The van der Waals surface area contributed by atoms with Crippen LogP contribution >= 0.6 is 0 Å². The van der Waals surface area contributed by atoms with Crippen LogP contribution in [0.25, 0.3) is 6.08 Å². The molecule has 1 saturated heterocycles. The molecule has 0 bridgehead atoms. The third-order valence-corrected chi connectivity index (χ3v) is 6.04. The molecule has 6 nitrogen and oxygen atoms in total. The number of rotatable bonds is 3. The molecule has 1 aromatic rings. The minimum atomic E-state index is -3.07. The van der Waals surface area contributed by atoms with Gasteiger partial charge < -0.3 is 14.8 Å². The fourth-order valence-electron chi connectivity index (χ4n) is 2.94. The van der Waals surface area contributed by atoms with E-state index >= 15 is 0 Å². The number of ether oxygens (including phenoxy) is 2. The lowest BCUT2D eigenvalue weighted by molar-refractivity contribution is -0.119. The van der Waals surface area contributed by atoms with Gasteiger partial charge in [-0.1, -0.05) is 12.1 Å². The molecule has 23 heavy (non-hydrogen) atoms. The molecule has 1 atom stereocenters. The van der Waals surface area contributed by atoms with Gasteiger partial charge in [-0.15, -0.1) is 0 Å². The van der Waals surface area contributed by atoms with E-state index in [9.17, 15) is 13.2 Å². The molecule has 1 fully saturated rings. The van der Waals surface area contributed by atoms with Crippen molar-refractivity contribution in [3.05, 3.63) is 29.3 Å². The minimum absolute atomic E-state index is 0.0235. The zero-order chi connectivity index (χ0) is 16.7. The first-order chi connectivity index (χ1) is 10.8. The van der Waals surface area contributed by atoms with Crippen LogP contribution in [0.3, 0.4) is 0 Å². The topological polar surface area (TPSA) is 81.7 Å². The first kappa shape index (κ1) is 15.9. The first-order valence-corrected chi connectivity index (χ1v) is 9.17. The predicted octanol–water partition coefficient (Wildman–Crippen LogP) is 1.16. The molecule has 0 aromatic heterocycles. The van der Waals surface area contributed by atoms with Crippen molar-refractivity contribution in [3.8, 4) is 11.5 Å². The van der Waals surface area contributed by atoms with E-state index in [-0.39, 0.29) is 24.0 Å². The minimum Gasteiger partial charge on any atom is -0.493 e. The summed E-state index contributed by atoms with van der Waals surface area (Å²) in [5.41, 5.74) is 0.520. The number of fused-ring (bicyclic) bond motifs is 1. The number of amides is 1. The van der Waals surface area contributed by atoms with E-state index in [4.69, 9.17) is 9.47 Å². The number of nitrogens with one attached hydrogen (secondary N) is 1. The Bertz CT molecular complexity index is 784. The van der Waals surface area contributed by atoms with Crippen LogP contribution in [0.4, 0.5) is 0 Å². The molecule has 1 amide bonds. The van der Waals surface area contributed by atoms with Gasteiger partial charge in [0.2, 0.25) is 0 Å². The Balaban J connectivity index is 1.80. The maximum atomic E-state index is 12.4. The average molecular weight is 337 g/mol. The SMILES string of the molecule is COc1cccc2c1OCC(C(=O)N[C@@]1(C)CCS(=O)(=O)C1)=C2. The second-order valence-electron chi connectivity index (χ2n) is 6.19. The number of benzene rings is 1. The number of carbonyl (C=O) groups is 1. The van der Waals surface area contributed by atoms with E-state index < -0.39 is 15.4 Å². The van der Waals surface area contributed by atoms with Gasteiger partial charge in [0.1, 0.15) is 6.61 Å². The number of sulfone groups is 1. The fraction of sp³-hybridized carbons (Fsp3) is 0.438. The van der Waals surface area contributed by atoms with Crippen molar-refractivity contribution in [1.82, 2.24) is 5.32 Å². The average Bonchev–Trinajstić information content (AvgIpc) is 2.79. The Labute approximate surface area is 135 Å². The molecule has 0 radical (unpaired) electrons. The van der Waals surface area contributed by atoms with Gasteiger partial charge in [-0.3, -0.25) is 4.79 Å². The molecule has 0 spiro atoms. The van der Waals surface area contributed by atoms with E-state index in [0.717, 1.165) is 5.56 Å². The Morgan fingerprint density at radius 1 is 1.39 bits per heavy atom. The van der Waals surface area contributed by atoms with E-state index in [0.29, 0.717) is 23.5 Å². The summed E-state index contributed by atoms with van der Waals surface area (Å²) in [6.45, 7) is 1.89. The lowest BCUT2D eigenvalue weighted by Gasteiger charge is -2.26. The van der Waals surface area contributed by atoms with Crippen LogP contribution in [0.15, 0.2) is 23.8 Å². The van der Waals surface area contributed by atoms with Crippen LogP contribution < -0.4 is 14.8 Å². The van der Waals surface area contributed by atoms with E-state index in [2.05, 4.69) is 5.32 Å². The molecule has 2 heterocycles. The molecule has 1 N–H and O–H groups in total. The zero-order valence-electron chi connectivity index (χ0n) is 13.1. The summed E-state index contributed by atoms with van der Waals surface area (Å²) < 4.78 is 34.1. The van der Waals surface area contributed by atoms with Crippen LogP contribution in [0.1, 0.15) is 18.9 Å². The Hall–Kier alpha value is -2.02. The molecular weight excluding hydrogens is 318 g/mol. The molecule has 0 unspecified atom stereocenters. The highest BCUT2D eigenvalue weighted by atomic mass is 32.2. The number of carbonyl (C=O) groups excluding carboxylic acids is 1. The van der Waals surface area contributed by atoms with Crippen LogP contribution in [0.5, 0.6) is 11.5 Å². The molecule has 2 aliphatic rings. The summed E-state index contributed by atoms with van der Waals surface area (Å²) in [6, 6.07) is 5.46. The second kappa shape index (κ2) is 5.56. The monoisotopic (exact) mass is 337 g/mol.